The molecule has 1 heterocycles. The predicted octanol–water partition coefficient (Wildman–Crippen LogP) is 3.87. The lowest BCUT2D eigenvalue weighted by atomic mass is 9.92. The predicted molar refractivity (Wildman–Crippen MR) is 108 cm³/mol. The molecular formula is C21H22ClN3O3. The number of halogens is 1. The summed E-state index contributed by atoms with van der Waals surface area (Å²) in [6.45, 7) is 5.37. The second-order valence-electron chi connectivity index (χ2n) is 7.25. The van der Waals surface area contributed by atoms with Crippen LogP contribution in [0.25, 0.3) is 0 Å². The Morgan fingerprint density at radius 3 is 2.39 bits per heavy atom. The van der Waals surface area contributed by atoms with E-state index < -0.39 is 23.4 Å². The first-order valence-electron chi connectivity index (χ1n) is 9.01. The molecule has 2 N–H and O–H groups in total. The molecular weight excluding hydrogens is 378 g/mol. The molecule has 2 aromatic carbocycles. The Hall–Kier alpha value is -2.86. The molecule has 0 radical (unpaired) electrons. The number of anilines is 1. The first-order chi connectivity index (χ1) is 13.2. The smallest absolute Gasteiger partial charge is 0.325 e. The van der Waals surface area contributed by atoms with E-state index in [0.29, 0.717) is 22.2 Å². The van der Waals surface area contributed by atoms with E-state index in [1.807, 2.05) is 12.1 Å². The van der Waals surface area contributed by atoms with Gasteiger partial charge in [0.2, 0.25) is 5.91 Å². The van der Waals surface area contributed by atoms with Crippen LogP contribution in [0.1, 0.15) is 37.8 Å². The Morgan fingerprint density at radius 2 is 1.79 bits per heavy atom. The summed E-state index contributed by atoms with van der Waals surface area (Å²) in [5.41, 5.74) is 0.939. The molecule has 0 bridgehead atoms. The van der Waals surface area contributed by atoms with Gasteiger partial charge < -0.3 is 10.6 Å². The third-order valence-corrected chi connectivity index (χ3v) is 5.18. The second-order valence-corrected chi connectivity index (χ2v) is 7.66. The molecule has 1 atom stereocenters. The van der Waals surface area contributed by atoms with Crippen LogP contribution in [0.5, 0.6) is 0 Å². The van der Waals surface area contributed by atoms with Crippen molar-refractivity contribution in [2.45, 2.75) is 32.2 Å². The summed E-state index contributed by atoms with van der Waals surface area (Å²) >= 11 is 6.20. The van der Waals surface area contributed by atoms with Crippen molar-refractivity contribution < 1.29 is 14.4 Å². The Morgan fingerprint density at radius 1 is 1.14 bits per heavy atom. The highest BCUT2D eigenvalue weighted by atomic mass is 35.5. The molecule has 4 amide bonds. The standard InChI is InChI=1S/C21H22ClN3O3/c1-13(2)14-8-10-15(11-9-14)23-18(26)12-25-19(27)21(3,24-20(25)28)16-6-4-5-7-17(16)22/h4-11,13H,12H2,1-3H3,(H,23,26)(H,24,28)/t21-/m1/s1. The summed E-state index contributed by atoms with van der Waals surface area (Å²) in [7, 11) is 0. The van der Waals surface area contributed by atoms with Crippen LogP contribution in [-0.2, 0) is 15.1 Å². The molecule has 146 valence electrons. The van der Waals surface area contributed by atoms with Crippen LogP contribution in [0.3, 0.4) is 0 Å². The molecule has 6 nitrogen and oxygen atoms in total. The molecule has 1 aliphatic heterocycles. The topological polar surface area (TPSA) is 78.5 Å². The zero-order chi connectivity index (χ0) is 20.5. The number of hydrogen-bond acceptors (Lipinski definition) is 3. The van der Waals surface area contributed by atoms with Crippen LogP contribution < -0.4 is 10.6 Å². The molecule has 0 aliphatic carbocycles. The van der Waals surface area contributed by atoms with Gasteiger partial charge in [-0.15, -0.1) is 0 Å². The van der Waals surface area contributed by atoms with Gasteiger partial charge in [0, 0.05) is 16.3 Å². The number of urea groups is 1. The zero-order valence-corrected chi connectivity index (χ0v) is 16.7. The van der Waals surface area contributed by atoms with Gasteiger partial charge in [-0.3, -0.25) is 14.5 Å². The van der Waals surface area contributed by atoms with Crippen LogP contribution in [-0.4, -0.2) is 29.3 Å². The van der Waals surface area contributed by atoms with Gasteiger partial charge in [0.1, 0.15) is 12.1 Å². The van der Waals surface area contributed by atoms with Gasteiger partial charge in [0.05, 0.1) is 0 Å². The van der Waals surface area contributed by atoms with Gasteiger partial charge in [-0.05, 0) is 36.6 Å². The number of carbonyl (C=O) groups is 3. The summed E-state index contributed by atoms with van der Waals surface area (Å²) < 4.78 is 0. The van der Waals surface area contributed by atoms with Gasteiger partial charge >= 0.3 is 6.03 Å². The van der Waals surface area contributed by atoms with Gasteiger partial charge in [-0.25, -0.2) is 4.79 Å². The normalized spacial score (nSPS) is 19.1. The molecule has 2 aromatic rings. The van der Waals surface area contributed by atoms with Crippen molar-refractivity contribution in [2.75, 3.05) is 11.9 Å². The highest BCUT2D eigenvalue weighted by Gasteiger charge is 2.50. The summed E-state index contributed by atoms with van der Waals surface area (Å²) in [4.78, 5) is 38.6. The van der Waals surface area contributed by atoms with E-state index in [4.69, 9.17) is 11.6 Å². The molecule has 3 rings (SSSR count). The molecule has 28 heavy (non-hydrogen) atoms. The average Bonchev–Trinajstić information content (AvgIpc) is 2.86. The van der Waals surface area contributed by atoms with E-state index in [0.717, 1.165) is 10.5 Å². The molecule has 1 aliphatic rings. The van der Waals surface area contributed by atoms with Gasteiger partial charge in [0.15, 0.2) is 0 Å². The van der Waals surface area contributed by atoms with Crippen molar-refractivity contribution in [2.24, 2.45) is 0 Å². The average molecular weight is 400 g/mol. The lowest BCUT2D eigenvalue weighted by molar-refractivity contribution is -0.133. The van der Waals surface area contributed by atoms with Crippen LogP contribution in [0, 0.1) is 0 Å². The number of hydrogen-bond donors (Lipinski definition) is 2. The van der Waals surface area contributed by atoms with E-state index in [1.54, 1.807) is 43.3 Å². The van der Waals surface area contributed by atoms with Crippen molar-refractivity contribution in [3.63, 3.8) is 0 Å². The molecule has 0 spiro atoms. The fraction of sp³-hybridized carbons (Fsp3) is 0.286. The summed E-state index contributed by atoms with van der Waals surface area (Å²) in [6.07, 6.45) is 0. The molecule has 1 saturated heterocycles. The number of carbonyl (C=O) groups excluding carboxylic acids is 3. The maximum atomic E-state index is 12.9. The van der Waals surface area contributed by atoms with Crippen LogP contribution >= 0.6 is 11.6 Å². The maximum absolute atomic E-state index is 12.9. The number of nitrogens with one attached hydrogen (secondary N) is 2. The molecule has 0 aromatic heterocycles. The number of benzene rings is 2. The summed E-state index contributed by atoms with van der Waals surface area (Å²) in [5.74, 6) is -0.585. The summed E-state index contributed by atoms with van der Waals surface area (Å²) in [5, 5.41) is 5.74. The Labute approximate surface area is 168 Å². The highest BCUT2D eigenvalue weighted by Crippen LogP contribution is 2.33. The van der Waals surface area contributed by atoms with Gasteiger partial charge in [-0.1, -0.05) is 55.8 Å². The Balaban J connectivity index is 1.72. The maximum Gasteiger partial charge on any atom is 0.325 e. The molecule has 0 saturated carbocycles. The van der Waals surface area contributed by atoms with Crippen molar-refractivity contribution in [1.29, 1.82) is 0 Å². The van der Waals surface area contributed by atoms with E-state index in [9.17, 15) is 14.4 Å². The van der Waals surface area contributed by atoms with E-state index in [-0.39, 0.29) is 6.54 Å². The van der Waals surface area contributed by atoms with E-state index in [1.165, 1.54) is 0 Å². The van der Waals surface area contributed by atoms with Crippen molar-refractivity contribution in [3.8, 4) is 0 Å². The third kappa shape index (κ3) is 3.73. The summed E-state index contributed by atoms with van der Waals surface area (Å²) in [6, 6.07) is 13.6. The van der Waals surface area contributed by atoms with Crippen molar-refractivity contribution >= 4 is 35.1 Å². The number of nitrogens with zero attached hydrogens (tertiary/aromatic N) is 1. The fourth-order valence-corrected chi connectivity index (χ4v) is 3.51. The fourth-order valence-electron chi connectivity index (χ4n) is 3.19. The van der Waals surface area contributed by atoms with Gasteiger partial charge in [0.25, 0.3) is 5.91 Å². The largest absolute Gasteiger partial charge is 0.325 e. The van der Waals surface area contributed by atoms with E-state index in [2.05, 4.69) is 24.5 Å². The zero-order valence-electron chi connectivity index (χ0n) is 16.0. The van der Waals surface area contributed by atoms with Crippen LogP contribution in [0.4, 0.5) is 10.5 Å². The minimum Gasteiger partial charge on any atom is -0.325 e. The van der Waals surface area contributed by atoms with Gasteiger partial charge in [-0.2, -0.15) is 0 Å². The number of imide groups is 1. The van der Waals surface area contributed by atoms with E-state index >= 15 is 0 Å². The Kier molecular flexibility index (Phi) is 5.42. The molecule has 0 unspecified atom stereocenters. The SMILES string of the molecule is CC(C)c1ccc(NC(=O)CN2C(=O)N[C@](C)(c3ccccc3Cl)C2=O)cc1. The minimum atomic E-state index is -1.31. The number of amides is 4. The third-order valence-electron chi connectivity index (χ3n) is 4.85. The highest BCUT2D eigenvalue weighted by molar-refractivity contribution is 6.32. The quantitative estimate of drug-likeness (QED) is 0.749. The second kappa shape index (κ2) is 7.64. The number of rotatable bonds is 5. The first-order valence-corrected chi connectivity index (χ1v) is 9.39. The lowest BCUT2D eigenvalue weighted by Gasteiger charge is -2.23. The minimum absolute atomic E-state index is 0.371. The lowest BCUT2D eigenvalue weighted by Crippen LogP contribution is -2.42. The monoisotopic (exact) mass is 399 g/mol. The van der Waals surface area contributed by atoms with Crippen molar-refractivity contribution in [1.82, 2.24) is 10.2 Å². The first kappa shape index (κ1) is 19.9. The molecule has 7 heteroatoms. The van der Waals surface area contributed by atoms with Crippen LogP contribution in [0.2, 0.25) is 5.02 Å². The Bertz CT molecular complexity index is 927. The van der Waals surface area contributed by atoms with Crippen LogP contribution in [0.15, 0.2) is 48.5 Å². The van der Waals surface area contributed by atoms with Crippen molar-refractivity contribution in [3.05, 3.63) is 64.7 Å². The molecule has 1 fully saturated rings.